The Morgan fingerprint density at radius 3 is 3.00 bits per heavy atom. The molecule has 2 rings (SSSR count). The van der Waals surface area contributed by atoms with Crippen molar-refractivity contribution in [3.63, 3.8) is 0 Å². The number of thiophene rings is 1. The van der Waals surface area contributed by atoms with Gasteiger partial charge in [0.15, 0.2) is 0 Å². The molecule has 15 heavy (non-hydrogen) atoms. The normalized spacial score (nSPS) is 13.3. The second-order valence-electron chi connectivity index (χ2n) is 3.61. The molecule has 0 aliphatic carbocycles. The average molecular weight is 241 g/mol. The van der Waals surface area contributed by atoms with Crippen molar-refractivity contribution in [2.75, 3.05) is 0 Å². The lowest BCUT2D eigenvalue weighted by Gasteiger charge is -2.05. The van der Waals surface area contributed by atoms with E-state index in [2.05, 4.69) is 29.9 Å². The lowest BCUT2D eigenvalue weighted by molar-refractivity contribution is 0.790. The van der Waals surface area contributed by atoms with Crippen LogP contribution >= 0.6 is 22.9 Å². The SMILES string of the molecule is CCC(Cl)Cc1ncnc2sc(C)cc12. The second kappa shape index (κ2) is 4.45. The first-order valence-electron chi connectivity index (χ1n) is 5.04. The fraction of sp³-hybridized carbons (Fsp3) is 0.455. The van der Waals surface area contributed by atoms with Crippen LogP contribution in [0.15, 0.2) is 12.4 Å². The predicted octanol–water partition coefficient (Wildman–Crippen LogP) is 3.56. The Hall–Kier alpha value is -0.670. The van der Waals surface area contributed by atoms with Crippen LogP contribution in [-0.2, 0) is 6.42 Å². The molecule has 0 amide bonds. The minimum atomic E-state index is 0.170. The molecule has 0 N–H and O–H groups in total. The Morgan fingerprint density at radius 2 is 2.27 bits per heavy atom. The Bertz CT molecular complexity index is 467. The molecule has 1 unspecified atom stereocenters. The quantitative estimate of drug-likeness (QED) is 0.767. The molecule has 0 aromatic carbocycles. The summed E-state index contributed by atoms with van der Waals surface area (Å²) < 4.78 is 0. The maximum Gasteiger partial charge on any atom is 0.127 e. The minimum Gasteiger partial charge on any atom is -0.241 e. The molecule has 0 aliphatic rings. The average Bonchev–Trinajstić information content (AvgIpc) is 2.59. The van der Waals surface area contributed by atoms with Gasteiger partial charge in [-0.05, 0) is 19.4 Å². The van der Waals surface area contributed by atoms with E-state index in [1.54, 1.807) is 17.7 Å². The number of alkyl halides is 1. The van der Waals surface area contributed by atoms with Gasteiger partial charge in [0.1, 0.15) is 11.2 Å². The second-order valence-corrected chi connectivity index (χ2v) is 5.46. The molecule has 1 atom stereocenters. The van der Waals surface area contributed by atoms with Crippen LogP contribution < -0.4 is 0 Å². The van der Waals surface area contributed by atoms with Crippen LogP contribution in [0.3, 0.4) is 0 Å². The molecule has 4 heteroatoms. The van der Waals surface area contributed by atoms with Gasteiger partial charge in [0, 0.05) is 22.1 Å². The Balaban J connectivity index is 2.41. The van der Waals surface area contributed by atoms with Gasteiger partial charge >= 0.3 is 0 Å². The van der Waals surface area contributed by atoms with Gasteiger partial charge in [-0.1, -0.05) is 6.92 Å². The van der Waals surface area contributed by atoms with Crippen LogP contribution in [0, 0.1) is 6.92 Å². The van der Waals surface area contributed by atoms with Crippen LogP contribution in [0.25, 0.3) is 10.2 Å². The standard InChI is InChI=1S/C11H13ClN2S/c1-3-8(12)5-10-9-4-7(2)15-11(9)14-6-13-10/h4,6,8H,3,5H2,1-2H3. The van der Waals surface area contributed by atoms with Crippen LogP contribution in [0.4, 0.5) is 0 Å². The zero-order valence-electron chi connectivity index (χ0n) is 8.83. The molecule has 0 fully saturated rings. The van der Waals surface area contributed by atoms with Gasteiger partial charge in [0.2, 0.25) is 0 Å². The lowest BCUT2D eigenvalue weighted by atomic mass is 10.1. The molecule has 0 saturated heterocycles. The van der Waals surface area contributed by atoms with Crippen molar-refractivity contribution in [1.29, 1.82) is 0 Å². The highest BCUT2D eigenvalue weighted by atomic mass is 35.5. The van der Waals surface area contributed by atoms with Crippen LogP contribution in [0.5, 0.6) is 0 Å². The molecule has 0 aliphatic heterocycles. The monoisotopic (exact) mass is 240 g/mol. The van der Waals surface area contributed by atoms with Gasteiger partial charge in [0.25, 0.3) is 0 Å². The minimum absolute atomic E-state index is 0.170. The summed E-state index contributed by atoms with van der Waals surface area (Å²) in [5.41, 5.74) is 1.08. The first-order chi connectivity index (χ1) is 7.20. The summed E-state index contributed by atoms with van der Waals surface area (Å²) in [5.74, 6) is 0. The van der Waals surface area contributed by atoms with Gasteiger partial charge in [-0.25, -0.2) is 9.97 Å². The molecule has 0 bridgehead atoms. The van der Waals surface area contributed by atoms with Crippen molar-refractivity contribution in [3.05, 3.63) is 23.0 Å². The van der Waals surface area contributed by atoms with Gasteiger partial charge in [-0.3, -0.25) is 0 Å². The number of fused-ring (bicyclic) bond motifs is 1. The molecule has 2 aromatic heterocycles. The molecule has 2 heterocycles. The van der Waals surface area contributed by atoms with Crippen molar-refractivity contribution in [3.8, 4) is 0 Å². The zero-order valence-corrected chi connectivity index (χ0v) is 10.4. The number of rotatable bonds is 3. The number of aryl methyl sites for hydroxylation is 1. The summed E-state index contributed by atoms with van der Waals surface area (Å²) in [6.07, 6.45) is 3.43. The topological polar surface area (TPSA) is 25.8 Å². The summed E-state index contributed by atoms with van der Waals surface area (Å²) in [6, 6.07) is 2.15. The molecular formula is C11H13ClN2S. The Morgan fingerprint density at radius 1 is 1.47 bits per heavy atom. The zero-order chi connectivity index (χ0) is 10.8. The van der Waals surface area contributed by atoms with Gasteiger partial charge < -0.3 is 0 Å². The number of aromatic nitrogens is 2. The van der Waals surface area contributed by atoms with E-state index in [0.717, 1.165) is 23.4 Å². The summed E-state index contributed by atoms with van der Waals surface area (Å²) in [5, 5.41) is 1.34. The summed E-state index contributed by atoms with van der Waals surface area (Å²) >= 11 is 7.86. The fourth-order valence-corrected chi connectivity index (χ4v) is 2.56. The first kappa shape index (κ1) is 10.8. The van der Waals surface area contributed by atoms with E-state index in [9.17, 15) is 0 Å². The van der Waals surface area contributed by atoms with Crippen molar-refractivity contribution >= 4 is 33.2 Å². The maximum absolute atomic E-state index is 6.15. The maximum atomic E-state index is 6.15. The predicted molar refractivity (Wildman–Crippen MR) is 65.8 cm³/mol. The van der Waals surface area contributed by atoms with Gasteiger partial charge in [0.05, 0.1) is 5.69 Å². The molecule has 80 valence electrons. The van der Waals surface area contributed by atoms with Crippen LogP contribution in [-0.4, -0.2) is 15.3 Å². The Labute approximate surface area is 98.3 Å². The highest BCUT2D eigenvalue weighted by Gasteiger charge is 2.10. The highest BCUT2D eigenvalue weighted by molar-refractivity contribution is 7.18. The number of hydrogen-bond donors (Lipinski definition) is 0. The van der Waals surface area contributed by atoms with E-state index in [1.165, 1.54) is 10.3 Å². The van der Waals surface area contributed by atoms with E-state index < -0.39 is 0 Å². The number of halogens is 1. The van der Waals surface area contributed by atoms with Crippen LogP contribution in [0.1, 0.15) is 23.9 Å². The van der Waals surface area contributed by atoms with Crippen LogP contribution in [0.2, 0.25) is 0 Å². The number of nitrogens with zero attached hydrogens (tertiary/aromatic N) is 2. The number of hydrogen-bond acceptors (Lipinski definition) is 3. The fourth-order valence-electron chi connectivity index (χ4n) is 1.54. The van der Waals surface area contributed by atoms with Crippen molar-refractivity contribution in [2.45, 2.75) is 32.1 Å². The largest absolute Gasteiger partial charge is 0.241 e. The Kier molecular flexibility index (Phi) is 3.22. The van der Waals surface area contributed by atoms with E-state index in [0.29, 0.717) is 0 Å². The van der Waals surface area contributed by atoms with E-state index in [1.807, 2.05) is 0 Å². The third kappa shape index (κ3) is 2.29. The molecular weight excluding hydrogens is 228 g/mol. The van der Waals surface area contributed by atoms with Gasteiger partial charge in [-0.15, -0.1) is 22.9 Å². The van der Waals surface area contributed by atoms with E-state index >= 15 is 0 Å². The third-order valence-corrected chi connectivity index (χ3v) is 3.81. The molecule has 0 radical (unpaired) electrons. The van der Waals surface area contributed by atoms with Crippen molar-refractivity contribution < 1.29 is 0 Å². The van der Waals surface area contributed by atoms with Gasteiger partial charge in [-0.2, -0.15) is 0 Å². The summed E-state index contributed by atoms with van der Waals surface area (Å²) in [6.45, 7) is 4.18. The smallest absolute Gasteiger partial charge is 0.127 e. The molecule has 2 aromatic rings. The summed E-state index contributed by atoms with van der Waals surface area (Å²) in [7, 11) is 0. The van der Waals surface area contributed by atoms with E-state index in [-0.39, 0.29) is 5.38 Å². The van der Waals surface area contributed by atoms with E-state index in [4.69, 9.17) is 11.6 Å². The van der Waals surface area contributed by atoms with Crippen molar-refractivity contribution in [1.82, 2.24) is 9.97 Å². The lowest BCUT2D eigenvalue weighted by Crippen LogP contribution is -2.03. The highest BCUT2D eigenvalue weighted by Crippen LogP contribution is 2.26. The molecule has 0 saturated carbocycles. The summed E-state index contributed by atoms with van der Waals surface area (Å²) in [4.78, 5) is 10.9. The molecule has 2 nitrogen and oxygen atoms in total. The first-order valence-corrected chi connectivity index (χ1v) is 6.30. The third-order valence-electron chi connectivity index (χ3n) is 2.39. The molecule has 0 spiro atoms. The van der Waals surface area contributed by atoms with Crippen molar-refractivity contribution in [2.24, 2.45) is 0 Å².